The maximum absolute atomic E-state index is 12.6. The van der Waals surface area contributed by atoms with E-state index in [0.29, 0.717) is 18.6 Å². The van der Waals surface area contributed by atoms with Gasteiger partial charge in [0.15, 0.2) is 0 Å². The number of hydrogen-bond acceptors (Lipinski definition) is 3. The van der Waals surface area contributed by atoms with Crippen molar-refractivity contribution in [1.29, 1.82) is 0 Å². The van der Waals surface area contributed by atoms with Crippen LogP contribution in [0.2, 0.25) is 0 Å². The van der Waals surface area contributed by atoms with Gasteiger partial charge in [-0.15, -0.1) is 0 Å². The zero-order valence-electron chi connectivity index (χ0n) is 13.9. The van der Waals surface area contributed by atoms with E-state index in [4.69, 9.17) is 4.74 Å². The van der Waals surface area contributed by atoms with Gasteiger partial charge in [0.05, 0.1) is 13.2 Å². The minimum Gasteiger partial charge on any atom is -0.383 e. The molecule has 126 valence electrons. The fourth-order valence-electron chi connectivity index (χ4n) is 3.43. The van der Waals surface area contributed by atoms with Gasteiger partial charge in [-0.2, -0.15) is 0 Å². The van der Waals surface area contributed by atoms with Crippen molar-refractivity contribution in [2.45, 2.75) is 31.5 Å². The van der Waals surface area contributed by atoms with E-state index in [1.807, 2.05) is 36.4 Å². The highest BCUT2D eigenvalue weighted by Crippen LogP contribution is 2.34. The van der Waals surface area contributed by atoms with Gasteiger partial charge in [0.1, 0.15) is 5.60 Å². The number of ether oxygens (including phenoxy) is 1. The molecule has 0 aliphatic heterocycles. The van der Waals surface area contributed by atoms with E-state index in [1.54, 1.807) is 13.2 Å². The van der Waals surface area contributed by atoms with Crippen molar-refractivity contribution >= 4 is 5.91 Å². The molecule has 2 aromatic carbocycles. The minimum atomic E-state index is -0.999. The van der Waals surface area contributed by atoms with Gasteiger partial charge in [0.2, 0.25) is 0 Å². The lowest BCUT2D eigenvalue weighted by molar-refractivity contribution is 0.0189. The molecule has 1 amide bonds. The highest BCUT2D eigenvalue weighted by Gasteiger charge is 2.34. The van der Waals surface area contributed by atoms with Gasteiger partial charge < -0.3 is 15.2 Å². The summed E-state index contributed by atoms with van der Waals surface area (Å²) in [6.07, 6.45) is 2.55. The van der Waals surface area contributed by atoms with Crippen LogP contribution in [0.1, 0.15) is 39.9 Å². The van der Waals surface area contributed by atoms with E-state index in [-0.39, 0.29) is 12.5 Å². The number of amides is 1. The minimum absolute atomic E-state index is 0.181. The molecule has 1 aliphatic rings. The molecular formula is C20H23NO3. The molecule has 0 saturated carbocycles. The van der Waals surface area contributed by atoms with E-state index in [2.05, 4.69) is 11.4 Å². The van der Waals surface area contributed by atoms with E-state index < -0.39 is 5.60 Å². The molecule has 4 nitrogen and oxygen atoms in total. The highest BCUT2D eigenvalue weighted by molar-refractivity contribution is 5.95. The molecule has 2 aromatic rings. The second kappa shape index (κ2) is 7.16. The largest absolute Gasteiger partial charge is 0.383 e. The van der Waals surface area contributed by atoms with Gasteiger partial charge in [-0.1, -0.05) is 42.5 Å². The Morgan fingerprint density at radius 2 is 1.96 bits per heavy atom. The molecule has 1 unspecified atom stereocenters. The quantitative estimate of drug-likeness (QED) is 0.889. The first kappa shape index (κ1) is 16.7. The molecule has 0 spiro atoms. The summed E-state index contributed by atoms with van der Waals surface area (Å²) in [5.74, 6) is -0.181. The third kappa shape index (κ3) is 3.35. The first-order valence-corrected chi connectivity index (χ1v) is 8.30. The molecule has 0 bridgehead atoms. The molecule has 0 radical (unpaired) electrons. The molecule has 0 fully saturated rings. The predicted octanol–water partition coefficient (Wildman–Crippen LogP) is 2.79. The van der Waals surface area contributed by atoms with Crippen LogP contribution in [-0.2, 0) is 23.4 Å². The van der Waals surface area contributed by atoms with Gasteiger partial charge in [-0.25, -0.2) is 0 Å². The highest BCUT2D eigenvalue weighted by atomic mass is 16.5. The number of nitrogens with one attached hydrogen (secondary N) is 1. The second-order valence-corrected chi connectivity index (χ2v) is 6.32. The van der Waals surface area contributed by atoms with E-state index in [0.717, 1.165) is 24.0 Å². The van der Waals surface area contributed by atoms with Crippen molar-refractivity contribution < 1.29 is 14.6 Å². The number of carbonyl (C=O) groups is 1. The van der Waals surface area contributed by atoms with Crippen LogP contribution in [0.15, 0.2) is 48.5 Å². The molecule has 4 heteroatoms. The van der Waals surface area contributed by atoms with Crippen LogP contribution in [0.5, 0.6) is 0 Å². The molecule has 0 heterocycles. The van der Waals surface area contributed by atoms with Gasteiger partial charge in [0, 0.05) is 12.7 Å². The standard InChI is InChI=1S/C20H23NO3/c1-24-13-16-8-2-4-10-17(16)19(22)21-14-20(23)12-6-9-15-7-3-5-11-18(15)20/h2-5,7-8,10-11,23H,6,9,12-14H2,1H3,(H,21,22). The van der Waals surface area contributed by atoms with Gasteiger partial charge in [0.25, 0.3) is 5.91 Å². The SMILES string of the molecule is COCc1ccccc1C(=O)NCC1(O)CCCc2ccccc21. The number of fused-ring (bicyclic) bond motifs is 1. The number of benzene rings is 2. The molecule has 2 N–H and O–H groups in total. The smallest absolute Gasteiger partial charge is 0.251 e. The van der Waals surface area contributed by atoms with E-state index in [9.17, 15) is 9.90 Å². The Morgan fingerprint density at radius 3 is 2.79 bits per heavy atom. The summed E-state index contributed by atoms with van der Waals surface area (Å²) >= 11 is 0. The molecule has 1 atom stereocenters. The Hall–Kier alpha value is -2.17. The van der Waals surface area contributed by atoms with Crippen LogP contribution in [0, 0.1) is 0 Å². The maximum Gasteiger partial charge on any atom is 0.251 e. The number of methoxy groups -OCH3 is 1. The monoisotopic (exact) mass is 325 g/mol. The average Bonchev–Trinajstić information content (AvgIpc) is 2.61. The third-order valence-corrected chi connectivity index (χ3v) is 4.66. The van der Waals surface area contributed by atoms with Crippen molar-refractivity contribution in [1.82, 2.24) is 5.32 Å². The summed E-state index contributed by atoms with van der Waals surface area (Å²) in [7, 11) is 1.61. The number of aliphatic hydroxyl groups is 1. The summed E-state index contributed by atoms with van der Waals surface area (Å²) in [5, 5.41) is 14.0. The van der Waals surface area contributed by atoms with E-state index in [1.165, 1.54) is 5.56 Å². The van der Waals surface area contributed by atoms with Crippen LogP contribution < -0.4 is 5.32 Å². The van der Waals surface area contributed by atoms with Crippen LogP contribution in [0.3, 0.4) is 0 Å². The normalized spacial score (nSPS) is 19.6. The summed E-state index contributed by atoms with van der Waals surface area (Å²) in [5.41, 5.74) is 2.53. The Morgan fingerprint density at radius 1 is 1.21 bits per heavy atom. The predicted molar refractivity (Wildman–Crippen MR) is 92.8 cm³/mol. The molecular weight excluding hydrogens is 302 g/mol. The molecule has 1 aliphatic carbocycles. The molecule has 0 saturated heterocycles. The Kier molecular flexibility index (Phi) is 4.97. The number of carbonyl (C=O) groups excluding carboxylic acids is 1. The summed E-state index contributed by atoms with van der Waals surface area (Å²) in [6.45, 7) is 0.598. The van der Waals surface area contributed by atoms with Gasteiger partial charge >= 0.3 is 0 Å². The molecule has 3 rings (SSSR count). The number of rotatable bonds is 5. The Bertz CT molecular complexity index is 728. The van der Waals surface area contributed by atoms with Gasteiger partial charge in [-0.3, -0.25) is 4.79 Å². The van der Waals surface area contributed by atoms with Gasteiger partial charge in [-0.05, 0) is 42.0 Å². The number of aryl methyl sites for hydroxylation is 1. The van der Waals surface area contributed by atoms with Crippen molar-refractivity contribution in [3.8, 4) is 0 Å². The summed E-state index contributed by atoms with van der Waals surface area (Å²) in [4.78, 5) is 12.6. The fourth-order valence-corrected chi connectivity index (χ4v) is 3.43. The average molecular weight is 325 g/mol. The molecule has 0 aromatic heterocycles. The van der Waals surface area contributed by atoms with Crippen molar-refractivity contribution in [2.75, 3.05) is 13.7 Å². The lowest BCUT2D eigenvalue weighted by atomic mass is 9.79. The zero-order valence-corrected chi connectivity index (χ0v) is 13.9. The third-order valence-electron chi connectivity index (χ3n) is 4.66. The van der Waals surface area contributed by atoms with Crippen LogP contribution in [0.25, 0.3) is 0 Å². The fraction of sp³-hybridized carbons (Fsp3) is 0.350. The van der Waals surface area contributed by atoms with Crippen molar-refractivity contribution in [3.05, 3.63) is 70.8 Å². The molecule has 24 heavy (non-hydrogen) atoms. The lowest BCUT2D eigenvalue weighted by Gasteiger charge is -2.34. The van der Waals surface area contributed by atoms with E-state index >= 15 is 0 Å². The first-order valence-electron chi connectivity index (χ1n) is 8.30. The summed E-state index contributed by atoms with van der Waals surface area (Å²) in [6, 6.07) is 15.3. The van der Waals surface area contributed by atoms with Crippen LogP contribution in [0.4, 0.5) is 0 Å². The lowest BCUT2D eigenvalue weighted by Crippen LogP contribution is -2.43. The summed E-state index contributed by atoms with van der Waals surface area (Å²) < 4.78 is 5.15. The van der Waals surface area contributed by atoms with Crippen LogP contribution >= 0.6 is 0 Å². The van der Waals surface area contributed by atoms with Crippen molar-refractivity contribution in [2.24, 2.45) is 0 Å². The zero-order chi connectivity index (χ0) is 17.0. The number of hydrogen-bond donors (Lipinski definition) is 2. The second-order valence-electron chi connectivity index (χ2n) is 6.32. The first-order chi connectivity index (χ1) is 11.6. The van der Waals surface area contributed by atoms with Crippen molar-refractivity contribution in [3.63, 3.8) is 0 Å². The Balaban J connectivity index is 1.76. The maximum atomic E-state index is 12.6. The van der Waals surface area contributed by atoms with Crippen LogP contribution in [-0.4, -0.2) is 24.7 Å². The Labute approximate surface area is 142 Å². The topological polar surface area (TPSA) is 58.6 Å².